The van der Waals surface area contributed by atoms with Crippen LogP contribution in [-0.2, 0) is 6.54 Å². The minimum absolute atomic E-state index is 0.376. The Bertz CT molecular complexity index is 368. The summed E-state index contributed by atoms with van der Waals surface area (Å²) in [5.74, 6) is 0. The van der Waals surface area contributed by atoms with E-state index < -0.39 is 0 Å². The van der Waals surface area contributed by atoms with Gasteiger partial charge < -0.3 is 9.88 Å². The van der Waals surface area contributed by atoms with E-state index in [-0.39, 0.29) is 0 Å². The summed E-state index contributed by atoms with van der Waals surface area (Å²) in [6.07, 6.45) is 7.52. The number of imidazole rings is 1. The van der Waals surface area contributed by atoms with E-state index in [4.69, 9.17) is 0 Å². The fourth-order valence-corrected chi connectivity index (χ4v) is 2.02. The third kappa shape index (κ3) is 2.87. The first-order chi connectivity index (χ1) is 7.36. The summed E-state index contributed by atoms with van der Waals surface area (Å²) < 4.78 is 2.06. The van der Waals surface area contributed by atoms with Crippen molar-refractivity contribution in [3.8, 4) is 0 Å². The summed E-state index contributed by atoms with van der Waals surface area (Å²) in [6.45, 7) is 4.04. The summed E-state index contributed by atoms with van der Waals surface area (Å²) in [5, 5.41) is 3.45. The SMILES string of the molecule is CC(NCCn1ccnc1)c1cncs1. The number of thiazole rings is 1. The van der Waals surface area contributed by atoms with Gasteiger partial charge in [0.2, 0.25) is 0 Å². The number of aromatic nitrogens is 3. The fraction of sp³-hybridized carbons (Fsp3) is 0.400. The predicted octanol–water partition coefficient (Wildman–Crippen LogP) is 1.69. The van der Waals surface area contributed by atoms with E-state index in [1.54, 1.807) is 17.5 Å². The first kappa shape index (κ1) is 10.3. The van der Waals surface area contributed by atoms with Crippen LogP contribution < -0.4 is 5.32 Å². The van der Waals surface area contributed by atoms with Crippen LogP contribution >= 0.6 is 11.3 Å². The second kappa shape index (κ2) is 5.04. The van der Waals surface area contributed by atoms with Crippen molar-refractivity contribution in [2.24, 2.45) is 0 Å². The maximum atomic E-state index is 4.06. The molecular weight excluding hydrogens is 208 g/mol. The highest BCUT2D eigenvalue weighted by Crippen LogP contribution is 2.15. The third-order valence-corrected chi connectivity index (χ3v) is 3.22. The Hall–Kier alpha value is -1.20. The molecule has 2 heterocycles. The highest BCUT2D eigenvalue weighted by atomic mass is 32.1. The Labute approximate surface area is 93.0 Å². The van der Waals surface area contributed by atoms with E-state index in [1.165, 1.54) is 4.88 Å². The zero-order chi connectivity index (χ0) is 10.5. The molecule has 0 bridgehead atoms. The first-order valence-electron chi connectivity index (χ1n) is 4.94. The molecule has 0 aromatic carbocycles. The Kier molecular flexibility index (Phi) is 3.47. The Balaban J connectivity index is 1.74. The molecule has 2 aromatic heterocycles. The lowest BCUT2D eigenvalue weighted by atomic mass is 10.3. The summed E-state index contributed by atoms with van der Waals surface area (Å²) >= 11 is 1.69. The molecule has 0 aliphatic heterocycles. The minimum Gasteiger partial charge on any atom is -0.336 e. The molecule has 15 heavy (non-hydrogen) atoms. The molecule has 5 heteroatoms. The minimum atomic E-state index is 0.376. The van der Waals surface area contributed by atoms with Gasteiger partial charge in [-0.2, -0.15) is 0 Å². The Morgan fingerprint density at radius 1 is 1.53 bits per heavy atom. The highest BCUT2D eigenvalue weighted by molar-refractivity contribution is 7.09. The van der Waals surface area contributed by atoms with Gasteiger partial charge in [-0.1, -0.05) is 0 Å². The van der Waals surface area contributed by atoms with Crippen LogP contribution in [-0.4, -0.2) is 21.1 Å². The maximum Gasteiger partial charge on any atom is 0.0946 e. The fourth-order valence-electron chi connectivity index (χ4n) is 1.37. The Morgan fingerprint density at radius 3 is 3.13 bits per heavy atom. The number of hydrogen-bond donors (Lipinski definition) is 1. The zero-order valence-electron chi connectivity index (χ0n) is 8.63. The summed E-state index contributed by atoms with van der Waals surface area (Å²) in [5.41, 5.74) is 1.86. The summed E-state index contributed by atoms with van der Waals surface area (Å²) in [6, 6.07) is 0.376. The van der Waals surface area contributed by atoms with Crippen LogP contribution in [0.25, 0.3) is 0 Å². The molecule has 0 amide bonds. The van der Waals surface area contributed by atoms with Gasteiger partial charge in [-0.3, -0.25) is 4.98 Å². The van der Waals surface area contributed by atoms with Crippen molar-refractivity contribution in [2.45, 2.75) is 19.5 Å². The molecule has 4 nitrogen and oxygen atoms in total. The van der Waals surface area contributed by atoms with E-state index in [9.17, 15) is 0 Å². The van der Waals surface area contributed by atoms with Crippen molar-refractivity contribution < 1.29 is 0 Å². The van der Waals surface area contributed by atoms with Gasteiger partial charge in [-0.25, -0.2) is 4.98 Å². The van der Waals surface area contributed by atoms with Crippen LogP contribution in [0.1, 0.15) is 17.8 Å². The summed E-state index contributed by atoms with van der Waals surface area (Å²) in [7, 11) is 0. The molecule has 1 atom stereocenters. The lowest BCUT2D eigenvalue weighted by molar-refractivity contribution is 0.535. The van der Waals surface area contributed by atoms with Crippen molar-refractivity contribution in [1.82, 2.24) is 19.9 Å². The van der Waals surface area contributed by atoms with E-state index in [2.05, 4.69) is 26.8 Å². The van der Waals surface area contributed by atoms with Crippen LogP contribution in [0, 0.1) is 0 Å². The van der Waals surface area contributed by atoms with E-state index in [0.717, 1.165) is 13.1 Å². The quantitative estimate of drug-likeness (QED) is 0.837. The second-order valence-electron chi connectivity index (χ2n) is 3.38. The van der Waals surface area contributed by atoms with Crippen LogP contribution in [0.15, 0.2) is 30.4 Å². The van der Waals surface area contributed by atoms with E-state index >= 15 is 0 Å². The molecule has 2 rings (SSSR count). The van der Waals surface area contributed by atoms with Gasteiger partial charge >= 0.3 is 0 Å². The number of hydrogen-bond acceptors (Lipinski definition) is 4. The lowest BCUT2D eigenvalue weighted by Crippen LogP contribution is -2.22. The molecule has 0 fully saturated rings. The maximum absolute atomic E-state index is 4.06. The molecule has 2 aromatic rings. The van der Waals surface area contributed by atoms with Crippen LogP contribution in [0.5, 0.6) is 0 Å². The zero-order valence-corrected chi connectivity index (χ0v) is 9.44. The molecule has 0 aliphatic carbocycles. The molecule has 0 radical (unpaired) electrons. The van der Waals surface area contributed by atoms with Gasteiger partial charge in [0, 0.05) is 42.6 Å². The summed E-state index contributed by atoms with van der Waals surface area (Å²) in [4.78, 5) is 9.34. The molecule has 80 valence electrons. The molecule has 0 spiro atoms. The average Bonchev–Trinajstić information content (AvgIpc) is 2.90. The average molecular weight is 222 g/mol. The van der Waals surface area contributed by atoms with Crippen LogP contribution in [0.3, 0.4) is 0 Å². The lowest BCUT2D eigenvalue weighted by Gasteiger charge is -2.11. The monoisotopic (exact) mass is 222 g/mol. The van der Waals surface area contributed by atoms with Gasteiger partial charge in [0.15, 0.2) is 0 Å². The van der Waals surface area contributed by atoms with Crippen molar-refractivity contribution in [3.63, 3.8) is 0 Å². The van der Waals surface area contributed by atoms with Crippen molar-refractivity contribution in [3.05, 3.63) is 35.3 Å². The third-order valence-electron chi connectivity index (χ3n) is 2.26. The molecule has 0 aliphatic rings. The number of nitrogens with one attached hydrogen (secondary N) is 1. The van der Waals surface area contributed by atoms with E-state index in [0.29, 0.717) is 6.04 Å². The number of rotatable bonds is 5. The van der Waals surface area contributed by atoms with Gasteiger partial charge in [0.05, 0.1) is 11.8 Å². The normalized spacial score (nSPS) is 12.9. The predicted molar refractivity (Wildman–Crippen MR) is 60.8 cm³/mol. The number of nitrogens with zero attached hydrogens (tertiary/aromatic N) is 3. The first-order valence-corrected chi connectivity index (χ1v) is 5.82. The van der Waals surface area contributed by atoms with Gasteiger partial charge in [-0.15, -0.1) is 11.3 Å². The smallest absolute Gasteiger partial charge is 0.0946 e. The molecule has 1 N–H and O–H groups in total. The van der Waals surface area contributed by atoms with Crippen LogP contribution in [0.4, 0.5) is 0 Å². The molecule has 0 saturated heterocycles. The second-order valence-corrected chi connectivity index (χ2v) is 4.30. The van der Waals surface area contributed by atoms with Gasteiger partial charge in [-0.05, 0) is 6.92 Å². The highest BCUT2D eigenvalue weighted by Gasteiger charge is 2.05. The molecule has 0 saturated carbocycles. The largest absolute Gasteiger partial charge is 0.336 e. The van der Waals surface area contributed by atoms with Crippen molar-refractivity contribution in [1.29, 1.82) is 0 Å². The van der Waals surface area contributed by atoms with Crippen molar-refractivity contribution in [2.75, 3.05) is 6.54 Å². The Morgan fingerprint density at radius 2 is 2.47 bits per heavy atom. The topological polar surface area (TPSA) is 42.7 Å². The standard InChI is InChI=1S/C10H14N4S/c1-9(10-6-12-8-15-10)13-3-5-14-4-2-11-7-14/h2,4,6-9,13H,3,5H2,1H3. The van der Waals surface area contributed by atoms with Crippen molar-refractivity contribution >= 4 is 11.3 Å². The van der Waals surface area contributed by atoms with E-state index in [1.807, 2.05) is 24.2 Å². The molecular formula is C10H14N4S. The van der Waals surface area contributed by atoms with Crippen LogP contribution in [0.2, 0.25) is 0 Å². The molecule has 1 unspecified atom stereocenters. The van der Waals surface area contributed by atoms with Gasteiger partial charge in [0.1, 0.15) is 0 Å². The van der Waals surface area contributed by atoms with Gasteiger partial charge in [0.25, 0.3) is 0 Å².